The first kappa shape index (κ1) is 25.3. The van der Waals surface area contributed by atoms with Crippen LogP contribution in [0.1, 0.15) is 18.4 Å². The van der Waals surface area contributed by atoms with Crippen LogP contribution in [0, 0.1) is 12.7 Å². The lowest BCUT2D eigenvalue weighted by atomic mass is 10.1. The molecule has 1 atom stereocenters. The number of ether oxygens (including phenoxy) is 1. The van der Waals surface area contributed by atoms with Crippen molar-refractivity contribution in [2.24, 2.45) is 4.36 Å². The fourth-order valence-electron chi connectivity index (χ4n) is 4.08. The van der Waals surface area contributed by atoms with Gasteiger partial charge in [0, 0.05) is 40.2 Å². The van der Waals surface area contributed by atoms with E-state index >= 15 is 0 Å². The zero-order chi connectivity index (χ0) is 25.4. The number of benzene rings is 2. The van der Waals surface area contributed by atoms with E-state index in [-0.39, 0.29) is 12.3 Å². The van der Waals surface area contributed by atoms with Crippen molar-refractivity contribution in [3.05, 3.63) is 48.0 Å². The number of aryl methyl sites for hydroxylation is 1. The molecule has 1 N–H and O–H groups in total. The quantitative estimate of drug-likeness (QED) is 0.522. The van der Waals surface area contributed by atoms with Crippen molar-refractivity contribution in [3.63, 3.8) is 0 Å². The van der Waals surface area contributed by atoms with Gasteiger partial charge in [-0.15, -0.1) is 0 Å². The summed E-state index contributed by atoms with van der Waals surface area (Å²) < 4.78 is 61.9. The summed E-state index contributed by atoms with van der Waals surface area (Å²) in [7, 11) is -5.68. The number of nitrogens with zero attached hydrogens (tertiary/aromatic N) is 4. The Morgan fingerprint density at radius 3 is 2.63 bits per heavy atom. The maximum absolute atomic E-state index is 14.1. The lowest BCUT2D eigenvalue weighted by molar-refractivity contribution is 0.130. The largest absolute Gasteiger partial charge is 0.487 e. The molecule has 9 nitrogen and oxygen atoms in total. The molecule has 2 aromatic carbocycles. The molecule has 2 heterocycles. The molecule has 0 unspecified atom stereocenters. The van der Waals surface area contributed by atoms with Crippen molar-refractivity contribution < 1.29 is 21.8 Å². The van der Waals surface area contributed by atoms with Crippen LogP contribution in [0.5, 0.6) is 5.75 Å². The number of nitrogens with one attached hydrogen (secondary N) is 1. The van der Waals surface area contributed by atoms with Crippen molar-refractivity contribution in [1.82, 2.24) is 14.3 Å². The maximum Gasteiger partial charge on any atom is 0.211 e. The van der Waals surface area contributed by atoms with E-state index in [0.29, 0.717) is 42.1 Å². The Morgan fingerprint density at radius 2 is 1.91 bits per heavy atom. The molecule has 1 aliphatic rings. The first-order chi connectivity index (χ1) is 16.4. The predicted octanol–water partition coefficient (Wildman–Crippen LogP) is 3.98. The summed E-state index contributed by atoms with van der Waals surface area (Å²) in [5.74, 6) is 0.280. The number of rotatable bonds is 6. The van der Waals surface area contributed by atoms with Gasteiger partial charge >= 0.3 is 0 Å². The van der Waals surface area contributed by atoms with Gasteiger partial charge in [-0.25, -0.2) is 27.0 Å². The molecule has 0 bridgehead atoms. The summed E-state index contributed by atoms with van der Waals surface area (Å²) >= 11 is 0. The third-order valence-electron chi connectivity index (χ3n) is 5.55. The summed E-state index contributed by atoms with van der Waals surface area (Å²) in [6.45, 7) is 2.53. The van der Waals surface area contributed by atoms with E-state index in [1.54, 1.807) is 24.6 Å². The van der Waals surface area contributed by atoms with Crippen molar-refractivity contribution in [2.45, 2.75) is 25.9 Å². The van der Waals surface area contributed by atoms with E-state index in [0.717, 1.165) is 10.9 Å². The van der Waals surface area contributed by atoms with Gasteiger partial charge in [-0.3, -0.25) is 0 Å². The van der Waals surface area contributed by atoms with Crippen molar-refractivity contribution in [1.29, 1.82) is 0 Å². The molecule has 1 saturated heterocycles. The van der Waals surface area contributed by atoms with E-state index in [2.05, 4.69) is 19.6 Å². The highest BCUT2D eigenvalue weighted by molar-refractivity contribution is 7.92. The van der Waals surface area contributed by atoms with Crippen molar-refractivity contribution in [2.75, 3.05) is 37.2 Å². The second-order valence-electron chi connectivity index (χ2n) is 8.92. The summed E-state index contributed by atoms with van der Waals surface area (Å²) in [5.41, 5.74) is 2.49. The number of anilines is 2. The molecule has 0 saturated carbocycles. The molecule has 0 spiro atoms. The SMILES string of the molecule is Cc1cc(N=S(C)(C)=O)cc2ncnc(Nc3ccc(F)cc3O[C@@H]3CCCN(S(C)(=O)=O)C3)c12. The van der Waals surface area contributed by atoms with Crippen LogP contribution in [0.3, 0.4) is 0 Å². The van der Waals surface area contributed by atoms with E-state index in [9.17, 15) is 17.0 Å². The van der Waals surface area contributed by atoms with Gasteiger partial charge in [-0.1, -0.05) is 0 Å². The van der Waals surface area contributed by atoms with Gasteiger partial charge in [-0.2, -0.15) is 8.67 Å². The zero-order valence-corrected chi connectivity index (χ0v) is 21.6. The molecule has 1 aromatic heterocycles. The minimum absolute atomic E-state index is 0.203. The smallest absolute Gasteiger partial charge is 0.211 e. The molecule has 35 heavy (non-hydrogen) atoms. The first-order valence-corrected chi connectivity index (χ1v) is 15.2. The average molecular weight is 522 g/mol. The first-order valence-electron chi connectivity index (χ1n) is 11.0. The average Bonchev–Trinajstić information content (AvgIpc) is 2.74. The van der Waals surface area contributed by atoms with E-state index in [1.165, 1.54) is 29.0 Å². The number of aromatic nitrogens is 2. The molecule has 1 aliphatic heterocycles. The topological polar surface area (TPSA) is 114 Å². The molecular weight excluding hydrogens is 493 g/mol. The standard InChI is InChI=1S/C23H28FN5O4S2/c1-15-10-17(28-34(2,3)30)12-20-22(15)23(26-14-25-20)27-19-8-7-16(24)11-21(19)33-18-6-5-9-29(13-18)35(4,31)32/h7-8,10-12,14,18H,5-6,9,13H2,1-4H3,(H,25,26,27)/t18-/m1/s1. The van der Waals surface area contributed by atoms with Crippen LogP contribution in [0.15, 0.2) is 41.0 Å². The van der Waals surface area contributed by atoms with Gasteiger partial charge in [-0.05, 0) is 49.6 Å². The van der Waals surface area contributed by atoms with E-state index in [4.69, 9.17) is 4.74 Å². The molecule has 188 valence electrons. The van der Waals surface area contributed by atoms with Crippen LogP contribution in [0.25, 0.3) is 10.9 Å². The zero-order valence-electron chi connectivity index (χ0n) is 20.0. The third-order valence-corrected chi connectivity index (χ3v) is 7.47. The Labute approximate surface area is 205 Å². The monoisotopic (exact) mass is 521 g/mol. The molecule has 0 aliphatic carbocycles. The van der Waals surface area contributed by atoms with Gasteiger partial charge in [0.05, 0.1) is 29.7 Å². The predicted molar refractivity (Wildman–Crippen MR) is 136 cm³/mol. The Balaban J connectivity index is 1.67. The summed E-state index contributed by atoms with van der Waals surface area (Å²) in [5, 5.41) is 3.96. The third kappa shape index (κ3) is 6.24. The highest BCUT2D eigenvalue weighted by Crippen LogP contribution is 2.34. The van der Waals surface area contributed by atoms with Gasteiger partial charge in [0.1, 0.15) is 29.8 Å². The van der Waals surface area contributed by atoms with Gasteiger partial charge < -0.3 is 10.1 Å². The Morgan fingerprint density at radius 1 is 1.14 bits per heavy atom. The van der Waals surface area contributed by atoms with Crippen LogP contribution in [0.4, 0.5) is 21.6 Å². The van der Waals surface area contributed by atoms with Gasteiger partial charge in [0.15, 0.2) is 0 Å². The normalized spacial score (nSPS) is 17.3. The van der Waals surface area contributed by atoms with Crippen LogP contribution in [-0.2, 0) is 19.8 Å². The van der Waals surface area contributed by atoms with Crippen LogP contribution in [0.2, 0.25) is 0 Å². The van der Waals surface area contributed by atoms with E-state index < -0.39 is 31.7 Å². The minimum Gasteiger partial charge on any atom is -0.487 e. The highest BCUT2D eigenvalue weighted by Gasteiger charge is 2.27. The molecule has 3 aromatic rings. The number of hydrogen-bond acceptors (Lipinski definition) is 8. The fourth-order valence-corrected chi connectivity index (χ4v) is 5.59. The minimum atomic E-state index is -3.34. The Hall–Kier alpha value is -2.83. The number of piperidine rings is 1. The van der Waals surface area contributed by atoms with Gasteiger partial charge in [0.25, 0.3) is 0 Å². The molecule has 4 rings (SSSR count). The fraction of sp³-hybridized carbons (Fsp3) is 0.391. The lowest BCUT2D eigenvalue weighted by Gasteiger charge is -2.31. The second kappa shape index (κ2) is 9.67. The van der Waals surface area contributed by atoms with Crippen molar-refractivity contribution in [3.8, 4) is 5.75 Å². The number of halogens is 1. The lowest BCUT2D eigenvalue weighted by Crippen LogP contribution is -2.43. The van der Waals surface area contributed by atoms with Crippen LogP contribution in [-0.4, -0.2) is 64.9 Å². The molecule has 0 radical (unpaired) electrons. The molecule has 1 fully saturated rings. The van der Waals surface area contributed by atoms with Crippen molar-refractivity contribution >= 4 is 47.8 Å². The Kier molecular flexibility index (Phi) is 6.98. The summed E-state index contributed by atoms with van der Waals surface area (Å²) in [4.78, 5) is 8.71. The molecular formula is C23H28FN5O4S2. The second-order valence-corrected chi connectivity index (χ2v) is 13.4. The van der Waals surface area contributed by atoms with Crippen LogP contribution >= 0.6 is 0 Å². The summed E-state index contributed by atoms with van der Waals surface area (Å²) in [6.07, 6.45) is 6.60. The molecule has 12 heteroatoms. The molecule has 0 amide bonds. The van der Waals surface area contributed by atoms with Crippen LogP contribution < -0.4 is 10.1 Å². The summed E-state index contributed by atoms with van der Waals surface area (Å²) in [6, 6.07) is 7.69. The maximum atomic E-state index is 14.1. The van der Waals surface area contributed by atoms with Gasteiger partial charge in [0.2, 0.25) is 10.0 Å². The highest BCUT2D eigenvalue weighted by atomic mass is 32.2. The number of hydrogen-bond donors (Lipinski definition) is 1. The van der Waals surface area contributed by atoms with E-state index in [1.807, 2.05) is 13.0 Å². The number of sulfonamides is 1. The Bertz CT molecular complexity index is 1500. The number of fused-ring (bicyclic) bond motifs is 1.